The summed E-state index contributed by atoms with van der Waals surface area (Å²) < 4.78 is 18.9. The van der Waals surface area contributed by atoms with Crippen LogP contribution in [0.5, 0.6) is 5.75 Å². The molecule has 1 aliphatic heterocycles. The molecule has 0 radical (unpaired) electrons. The van der Waals surface area contributed by atoms with Crippen LogP contribution in [-0.4, -0.2) is 57.3 Å². The maximum atomic E-state index is 13.4. The molecule has 0 unspecified atom stereocenters. The Morgan fingerprint density at radius 3 is 2.45 bits per heavy atom. The second kappa shape index (κ2) is 10.4. The maximum absolute atomic E-state index is 13.4. The van der Waals surface area contributed by atoms with Gasteiger partial charge in [-0.25, -0.2) is 4.39 Å². The molecule has 0 spiro atoms. The number of phenols is 1. The number of rotatable bonds is 8. The lowest BCUT2D eigenvalue weighted by Crippen LogP contribution is -3.14. The van der Waals surface area contributed by atoms with E-state index in [4.69, 9.17) is 4.74 Å². The van der Waals surface area contributed by atoms with Gasteiger partial charge in [0.05, 0.1) is 19.8 Å². The zero-order valence-corrected chi connectivity index (χ0v) is 17.3. The summed E-state index contributed by atoms with van der Waals surface area (Å²) in [5, 5.41) is 10.4. The fourth-order valence-corrected chi connectivity index (χ4v) is 3.83. The van der Waals surface area contributed by atoms with Gasteiger partial charge in [-0.3, -0.25) is 4.99 Å². The third-order valence-corrected chi connectivity index (χ3v) is 5.56. The summed E-state index contributed by atoms with van der Waals surface area (Å²) >= 11 is 0. The number of halogens is 1. The van der Waals surface area contributed by atoms with Crippen molar-refractivity contribution in [1.29, 1.82) is 0 Å². The summed E-state index contributed by atoms with van der Waals surface area (Å²) in [6.45, 7) is 9.81. The predicted octanol–water partition coefficient (Wildman–Crippen LogP) is 2.45. The van der Waals surface area contributed by atoms with E-state index in [-0.39, 0.29) is 17.6 Å². The number of nitrogens with zero attached hydrogens (tertiary/aromatic N) is 2. The van der Waals surface area contributed by atoms with E-state index in [1.807, 2.05) is 24.3 Å². The third kappa shape index (κ3) is 5.55. The van der Waals surface area contributed by atoms with Gasteiger partial charge in [0, 0.05) is 42.2 Å². The van der Waals surface area contributed by atoms with E-state index in [0.29, 0.717) is 12.1 Å². The molecule has 1 fully saturated rings. The number of aliphatic imine (C=N–C) groups is 1. The Balaban J connectivity index is 1.74. The van der Waals surface area contributed by atoms with Gasteiger partial charge in [-0.2, -0.15) is 0 Å². The van der Waals surface area contributed by atoms with Crippen LogP contribution in [0.2, 0.25) is 0 Å². The lowest BCUT2D eigenvalue weighted by atomic mass is 10.0. The molecule has 1 heterocycles. The van der Waals surface area contributed by atoms with Gasteiger partial charge in [-0.15, -0.1) is 0 Å². The van der Waals surface area contributed by atoms with Crippen LogP contribution < -0.4 is 9.80 Å². The lowest BCUT2D eigenvalue weighted by Gasteiger charge is -2.31. The van der Waals surface area contributed by atoms with Crippen LogP contribution >= 0.6 is 0 Å². The van der Waals surface area contributed by atoms with Gasteiger partial charge in [-0.1, -0.05) is 12.1 Å². The minimum Gasteiger partial charge on any atom is -0.507 e. The van der Waals surface area contributed by atoms with E-state index in [1.165, 1.54) is 17.0 Å². The van der Waals surface area contributed by atoms with Crippen LogP contribution in [0.1, 0.15) is 31.0 Å². The first kappa shape index (κ1) is 21.3. The van der Waals surface area contributed by atoms with Gasteiger partial charge in [-0.05, 0) is 38.1 Å². The highest BCUT2D eigenvalue weighted by Gasteiger charge is 2.26. The molecular weight excluding hydrogens is 369 g/mol. The number of benzene rings is 2. The highest BCUT2D eigenvalue weighted by atomic mass is 19.1. The minimum atomic E-state index is -0.230. The topological polar surface area (TPSA) is 49.5 Å². The van der Waals surface area contributed by atoms with Crippen LogP contribution in [0.4, 0.5) is 10.1 Å². The Morgan fingerprint density at radius 2 is 1.83 bits per heavy atom. The molecule has 156 valence electrons. The molecule has 6 heteroatoms. The molecular formula is C23H31FN3O2+. The van der Waals surface area contributed by atoms with Crippen molar-refractivity contribution in [2.24, 2.45) is 4.99 Å². The van der Waals surface area contributed by atoms with Crippen LogP contribution in [0.15, 0.2) is 47.5 Å². The zero-order chi connectivity index (χ0) is 20.6. The van der Waals surface area contributed by atoms with Crippen molar-refractivity contribution >= 4 is 11.9 Å². The second-order valence-corrected chi connectivity index (χ2v) is 7.28. The molecule has 2 N–H and O–H groups in total. The SMILES string of the molecule is CCN(CC)c1ccc(C=NC[C@@H](c2ccc(F)cc2)[NH+]2CCOCC2)c(O)c1. The van der Waals surface area contributed by atoms with Gasteiger partial charge in [0.25, 0.3) is 0 Å². The normalized spacial score (nSPS) is 16.2. The lowest BCUT2D eigenvalue weighted by molar-refractivity contribution is -0.937. The molecule has 5 nitrogen and oxygen atoms in total. The van der Waals surface area contributed by atoms with Crippen molar-refractivity contribution in [3.63, 3.8) is 0 Å². The fourth-order valence-electron chi connectivity index (χ4n) is 3.83. The van der Waals surface area contributed by atoms with Crippen LogP contribution in [-0.2, 0) is 4.74 Å². The van der Waals surface area contributed by atoms with E-state index in [1.54, 1.807) is 12.3 Å². The number of hydrogen-bond donors (Lipinski definition) is 2. The number of aromatic hydroxyl groups is 1. The largest absolute Gasteiger partial charge is 0.507 e. The molecule has 0 saturated carbocycles. The monoisotopic (exact) mass is 400 g/mol. The van der Waals surface area contributed by atoms with Gasteiger partial charge in [0.2, 0.25) is 0 Å². The molecule has 1 aliphatic rings. The number of nitrogens with one attached hydrogen (secondary N) is 1. The summed E-state index contributed by atoms with van der Waals surface area (Å²) in [7, 11) is 0. The van der Waals surface area contributed by atoms with E-state index in [0.717, 1.165) is 50.6 Å². The van der Waals surface area contributed by atoms with Gasteiger partial charge in [0.1, 0.15) is 30.7 Å². The Morgan fingerprint density at radius 1 is 1.14 bits per heavy atom. The average molecular weight is 401 g/mol. The highest BCUT2D eigenvalue weighted by Crippen LogP contribution is 2.23. The number of anilines is 1. The van der Waals surface area contributed by atoms with Gasteiger partial charge in [0.15, 0.2) is 0 Å². The Labute approximate surface area is 172 Å². The smallest absolute Gasteiger partial charge is 0.133 e. The van der Waals surface area contributed by atoms with Crippen molar-refractivity contribution in [3.05, 3.63) is 59.4 Å². The quantitative estimate of drug-likeness (QED) is 0.670. The van der Waals surface area contributed by atoms with E-state index >= 15 is 0 Å². The van der Waals surface area contributed by atoms with Crippen molar-refractivity contribution in [2.75, 3.05) is 50.8 Å². The number of ether oxygens (including phenoxy) is 1. The predicted molar refractivity (Wildman–Crippen MR) is 115 cm³/mol. The number of hydrogen-bond acceptors (Lipinski definition) is 4. The second-order valence-electron chi connectivity index (χ2n) is 7.28. The van der Waals surface area contributed by atoms with Crippen molar-refractivity contribution in [2.45, 2.75) is 19.9 Å². The first-order valence-corrected chi connectivity index (χ1v) is 10.4. The van der Waals surface area contributed by atoms with Crippen LogP contribution in [0.3, 0.4) is 0 Å². The van der Waals surface area contributed by atoms with Crippen LogP contribution in [0, 0.1) is 5.82 Å². The molecule has 1 atom stereocenters. The summed E-state index contributed by atoms with van der Waals surface area (Å²) in [5.74, 6) is 0.00129. The van der Waals surface area contributed by atoms with Gasteiger partial charge < -0.3 is 19.6 Å². The summed E-state index contributed by atoms with van der Waals surface area (Å²) in [6, 6.07) is 12.5. The number of morpholine rings is 1. The number of quaternary nitrogens is 1. The standard InChI is InChI=1S/C23H30FN3O2/c1-3-26(4-2)21-10-7-19(23(28)15-21)16-25-17-22(27-11-13-29-14-12-27)18-5-8-20(24)9-6-18/h5-10,15-16,22,28H,3-4,11-14,17H2,1-2H3/p+1/t22-/m0/s1. The van der Waals surface area contributed by atoms with E-state index in [2.05, 4.69) is 23.7 Å². The Hall–Kier alpha value is -2.44. The van der Waals surface area contributed by atoms with Crippen molar-refractivity contribution in [1.82, 2.24) is 0 Å². The minimum absolute atomic E-state index is 0.132. The molecule has 2 aromatic rings. The third-order valence-electron chi connectivity index (χ3n) is 5.56. The molecule has 0 aliphatic carbocycles. The molecule has 0 aromatic heterocycles. The average Bonchev–Trinajstić information content (AvgIpc) is 2.75. The molecule has 0 bridgehead atoms. The van der Waals surface area contributed by atoms with E-state index < -0.39 is 0 Å². The summed E-state index contributed by atoms with van der Waals surface area (Å²) in [6.07, 6.45) is 1.73. The molecule has 0 amide bonds. The summed E-state index contributed by atoms with van der Waals surface area (Å²) in [5.41, 5.74) is 2.78. The van der Waals surface area contributed by atoms with Crippen molar-refractivity contribution in [3.8, 4) is 5.75 Å². The Kier molecular flexibility index (Phi) is 7.61. The highest BCUT2D eigenvalue weighted by molar-refractivity contribution is 5.84. The molecule has 2 aromatic carbocycles. The fraction of sp³-hybridized carbons (Fsp3) is 0.435. The zero-order valence-electron chi connectivity index (χ0n) is 17.3. The summed E-state index contributed by atoms with van der Waals surface area (Å²) in [4.78, 5) is 8.22. The number of phenolic OH excluding ortho intramolecular Hbond substituents is 1. The van der Waals surface area contributed by atoms with Crippen molar-refractivity contribution < 1.29 is 19.1 Å². The van der Waals surface area contributed by atoms with Gasteiger partial charge >= 0.3 is 0 Å². The molecule has 3 rings (SSSR count). The van der Waals surface area contributed by atoms with E-state index in [9.17, 15) is 9.50 Å². The maximum Gasteiger partial charge on any atom is 0.133 e. The van der Waals surface area contributed by atoms with Crippen LogP contribution in [0.25, 0.3) is 0 Å². The Bertz CT molecular complexity index is 800. The molecule has 1 saturated heterocycles. The first-order valence-electron chi connectivity index (χ1n) is 10.4. The first-order chi connectivity index (χ1) is 14.1. The molecule has 29 heavy (non-hydrogen) atoms.